The van der Waals surface area contributed by atoms with Gasteiger partial charge in [0.2, 0.25) is 5.88 Å². The Morgan fingerprint density at radius 1 is 1.32 bits per heavy atom. The van der Waals surface area contributed by atoms with Gasteiger partial charge in [-0.2, -0.15) is 0 Å². The molecule has 1 N–H and O–H groups in total. The molecule has 1 aromatic heterocycles. The van der Waals surface area contributed by atoms with E-state index in [2.05, 4.69) is 15.5 Å². The highest BCUT2D eigenvalue weighted by Crippen LogP contribution is 2.32. The van der Waals surface area contributed by atoms with Gasteiger partial charge in [-0.1, -0.05) is 18.2 Å². The quantitative estimate of drug-likeness (QED) is 0.931. The number of para-hydroxylation sites is 1. The molecular formula is C16H17N3O3. The number of rotatable bonds is 4. The van der Waals surface area contributed by atoms with Gasteiger partial charge in [0.15, 0.2) is 5.69 Å². The molecule has 22 heavy (non-hydrogen) atoms. The van der Waals surface area contributed by atoms with Gasteiger partial charge in [-0.3, -0.25) is 4.79 Å². The number of benzene rings is 1. The lowest BCUT2D eigenvalue weighted by Crippen LogP contribution is -2.31. The van der Waals surface area contributed by atoms with Crippen LogP contribution in [0.3, 0.4) is 0 Å². The SMILES string of the molecule is COc1ccc(C(=O)NCC2CCOc3ccccc32)nn1. The predicted octanol–water partition coefficient (Wildman–Crippen LogP) is 1.78. The Labute approximate surface area is 128 Å². The van der Waals surface area contributed by atoms with E-state index >= 15 is 0 Å². The molecule has 6 heteroatoms. The van der Waals surface area contributed by atoms with Crippen molar-refractivity contribution >= 4 is 5.91 Å². The summed E-state index contributed by atoms with van der Waals surface area (Å²) >= 11 is 0. The van der Waals surface area contributed by atoms with Gasteiger partial charge in [-0.15, -0.1) is 10.2 Å². The van der Waals surface area contributed by atoms with E-state index in [0.29, 0.717) is 19.0 Å². The molecule has 6 nitrogen and oxygen atoms in total. The second-order valence-electron chi connectivity index (χ2n) is 5.04. The minimum absolute atomic E-state index is 0.237. The highest BCUT2D eigenvalue weighted by Gasteiger charge is 2.21. The van der Waals surface area contributed by atoms with Gasteiger partial charge in [0.25, 0.3) is 5.91 Å². The number of aromatic nitrogens is 2. The van der Waals surface area contributed by atoms with Gasteiger partial charge >= 0.3 is 0 Å². The molecule has 1 unspecified atom stereocenters. The van der Waals surface area contributed by atoms with Crippen molar-refractivity contribution in [2.45, 2.75) is 12.3 Å². The maximum absolute atomic E-state index is 12.1. The smallest absolute Gasteiger partial charge is 0.271 e. The zero-order chi connectivity index (χ0) is 15.4. The topological polar surface area (TPSA) is 73.3 Å². The molecule has 0 radical (unpaired) electrons. The number of carbonyl (C=O) groups excluding carboxylic acids is 1. The van der Waals surface area contributed by atoms with Crippen molar-refractivity contribution in [3.63, 3.8) is 0 Å². The zero-order valence-electron chi connectivity index (χ0n) is 12.3. The molecule has 1 aliphatic rings. The van der Waals surface area contributed by atoms with E-state index in [1.54, 1.807) is 12.1 Å². The molecule has 0 fully saturated rings. The molecule has 2 heterocycles. The van der Waals surface area contributed by atoms with Crippen molar-refractivity contribution in [2.24, 2.45) is 0 Å². The number of carbonyl (C=O) groups is 1. The minimum atomic E-state index is -0.237. The number of amides is 1. The number of methoxy groups -OCH3 is 1. The van der Waals surface area contributed by atoms with Crippen LogP contribution in [-0.4, -0.2) is 36.4 Å². The third-order valence-corrected chi connectivity index (χ3v) is 3.67. The van der Waals surface area contributed by atoms with E-state index in [1.165, 1.54) is 7.11 Å². The predicted molar refractivity (Wildman–Crippen MR) is 80.2 cm³/mol. The van der Waals surface area contributed by atoms with Crippen LogP contribution in [-0.2, 0) is 0 Å². The number of fused-ring (bicyclic) bond motifs is 1. The largest absolute Gasteiger partial charge is 0.493 e. The molecule has 2 aromatic rings. The van der Waals surface area contributed by atoms with E-state index in [-0.39, 0.29) is 17.5 Å². The minimum Gasteiger partial charge on any atom is -0.493 e. The van der Waals surface area contributed by atoms with Crippen LogP contribution in [0.5, 0.6) is 11.6 Å². The molecule has 0 bridgehead atoms. The van der Waals surface area contributed by atoms with Gasteiger partial charge in [0.05, 0.1) is 13.7 Å². The monoisotopic (exact) mass is 299 g/mol. The third-order valence-electron chi connectivity index (χ3n) is 3.67. The summed E-state index contributed by atoms with van der Waals surface area (Å²) in [5, 5.41) is 10.6. The maximum atomic E-state index is 12.1. The molecule has 114 valence electrons. The molecule has 0 aliphatic carbocycles. The average Bonchev–Trinajstić information content (AvgIpc) is 2.59. The van der Waals surface area contributed by atoms with Gasteiger partial charge < -0.3 is 14.8 Å². The Bertz CT molecular complexity index is 658. The fraction of sp³-hybridized carbons (Fsp3) is 0.312. The Balaban J connectivity index is 1.64. The van der Waals surface area contributed by atoms with Gasteiger partial charge in [-0.25, -0.2) is 0 Å². The highest BCUT2D eigenvalue weighted by molar-refractivity contribution is 5.92. The molecule has 0 saturated carbocycles. The summed E-state index contributed by atoms with van der Waals surface area (Å²) in [6, 6.07) is 11.1. The van der Waals surface area contributed by atoms with Crippen molar-refractivity contribution in [1.29, 1.82) is 0 Å². The van der Waals surface area contributed by atoms with Crippen molar-refractivity contribution < 1.29 is 14.3 Å². The number of nitrogens with one attached hydrogen (secondary N) is 1. The normalized spacial score (nSPS) is 16.3. The van der Waals surface area contributed by atoms with Crippen LogP contribution in [0.15, 0.2) is 36.4 Å². The van der Waals surface area contributed by atoms with E-state index in [0.717, 1.165) is 17.7 Å². The molecular weight excluding hydrogens is 282 g/mol. The lowest BCUT2D eigenvalue weighted by molar-refractivity contribution is 0.0942. The van der Waals surface area contributed by atoms with Crippen LogP contribution in [0, 0.1) is 0 Å². The lowest BCUT2D eigenvalue weighted by Gasteiger charge is -2.25. The first-order valence-electron chi connectivity index (χ1n) is 7.15. The Kier molecular flexibility index (Phi) is 4.18. The van der Waals surface area contributed by atoms with Crippen LogP contribution < -0.4 is 14.8 Å². The van der Waals surface area contributed by atoms with Gasteiger partial charge in [0.1, 0.15) is 5.75 Å². The number of hydrogen-bond donors (Lipinski definition) is 1. The number of nitrogens with zero attached hydrogens (tertiary/aromatic N) is 2. The van der Waals surface area contributed by atoms with Crippen LogP contribution in [0.1, 0.15) is 28.4 Å². The molecule has 1 aromatic carbocycles. The van der Waals surface area contributed by atoms with Crippen LogP contribution >= 0.6 is 0 Å². The number of ether oxygens (including phenoxy) is 2. The van der Waals surface area contributed by atoms with Crippen molar-refractivity contribution in [3.05, 3.63) is 47.7 Å². The van der Waals surface area contributed by atoms with Crippen molar-refractivity contribution in [2.75, 3.05) is 20.3 Å². The summed E-state index contributed by atoms with van der Waals surface area (Å²) in [6.45, 7) is 1.22. The van der Waals surface area contributed by atoms with E-state index in [1.807, 2.05) is 24.3 Å². The molecule has 1 aliphatic heterocycles. The van der Waals surface area contributed by atoms with Crippen LogP contribution in [0.2, 0.25) is 0 Å². The molecule has 1 atom stereocenters. The second-order valence-corrected chi connectivity index (χ2v) is 5.04. The summed E-state index contributed by atoms with van der Waals surface area (Å²) in [6.07, 6.45) is 0.881. The zero-order valence-corrected chi connectivity index (χ0v) is 12.3. The van der Waals surface area contributed by atoms with Gasteiger partial charge in [-0.05, 0) is 24.1 Å². The van der Waals surface area contributed by atoms with Crippen LogP contribution in [0.4, 0.5) is 0 Å². The Morgan fingerprint density at radius 2 is 2.18 bits per heavy atom. The Morgan fingerprint density at radius 3 is 2.95 bits per heavy atom. The van der Waals surface area contributed by atoms with E-state index < -0.39 is 0 Å². The third kappa shape index (κ3) is 3.00. The summed E-state index contributed by atoms with van der Waals surface area (Å²) in [5.74, 6) is 1.30. The van der Waals surface area contributed by atoms with Crippen molar-refractivity contribution in [1.82, 2.24) is 15.5 Å². The van der Waals surface area contributed by atoms with E-state index in [4.69, 9.17) is 9.47 Å². The Hall–Kier alpha value is -2.63. The summed E-state index contributed by atoms with van der Waals surface area (Å²) in [5.41, 5.74) is 1.41. The van der Waals surface area contributed by atoms with Crippen LogP contribution in [0.25, 0.3) is 0 Å². The average molecular weight is 299 g/mol. The number of hydrogen-bond acceptors (Lipinski definition) is 5. The molecule has 0 saturated heterocycles. The fourth-order valence-corrected chi connectivity index (χ4v) is 2.48. The fourth-order valence-electron chi connectivity index (χ4n) is 2.48. The lowest BCUT2D eigenvalue weighted by atomic mass is 9.93. The standard InChI is InChI=1S/C16H17N3O3/c1-21-15-7-6-13(18-19-15)16(20)17-10-11-8-9-22-14-5-3-2-4-12(11)14/h2-7,11H,8-10H2,1H3,(H,17,20). The first-order valence-corrected chi connectivity index (χ1v) is 7.15. The first-order chi connectivity index (χ1) is 10.8. The molecule has 0 spiro atoms. The maximum Gasteiger partial charge on any atom is 0.271 e. The highest BCUT2D eigenvalue weighted by atomic mass is 16.5. The van der Waals surface area contributed by atoms with Crippen molar-refractivity contribution in [3.8, 4) is 11.6 Å². The molecule has 3 rings (SSSR count). The molecule has 1 amide bonds. The van der Waals surface area contributed by atoms with E-state index in [9.17, 15) is 4.79 Å². The summed E-state index contributed by atoms with van der Waals surface area (Å²) in [7, 11) is 1.51. The second kappa shape index (κ2) is 6.43. The summed E-state index contributed by atoms with van der Waals surface area (Å²) in [4.78, 5) is 12.1. The summed E-state index contributed by atoms with van der Waals surface area (Å²) < 4.78 is 10.5. The van der Waals surface area contributed by atoms with Gasteiger partial charge in [0, 0.05) is 18.5 Å². The first kappa shape index (κ1) is 14.3.